The van der Waals surface area contributed by atoms with E-state index in [0.29, 0.717) is 23.3 Å². The standard InChI is InChI=1S/C10H14O4.C8H15NO2/c1-7(2)9(11)13-5-6-14-10(12)8(3)4;1-7(2)8(10)11-6-5-9(3)4/h1,3,5-6H2,2,4H3;1,5-6H2,2-4H3. The van der Waals surface area contributed by atoms with E-state index in [9.17, 15) is 14.4 Å². The van der Waals surface area contributed by atoms with E-state index >= 15 is 0 Å². The number of hydrogen-bond acceptors (Lipinski definition) is 7. The summed E-state index contributed by atoms with van der Waals surface area (Å²) >= 11 is 0. The van der Waals surface area contributed by atoms with E-state index in [-0.39, 0.29) is 19.2 Å². The Kier molecular flexibility index (Phi) is 13.9. The van der Waals surface area contributed by atoms with Crippen molar-refractivity contribution in [2.24, 2.45) is 0 Å². The monoisotopic (exact) mass is 355 g/mol. The molecular formula is C18H29NO6. The molecule has 0 amide bonds. The summed E-state index contributed by atoms with van der Waals surface area (Å²) in [6, 6.07) is 0. The summed E-state index contributed by atoms with van der Waals surface area (Å²) in [5, 5.41) is 0. The van der Waals surface area contributed by atoms with Crippen LogP contribution in [0.4, 0.5) is 0 Å². The third kappa shape index (κ3) is 16.2. The van der Waals surface area contributed by atoms with Crippen molar-refractivity contribution < 1.29 is 28.6 Å². The van der Waals surface area contributed by atoms with Crippen LogP contribution in [-0.2, 0) is 28.6 Å². The second-order valence-corrected chi connectivity index (χ2v) is 5.55. The molecule has 7 nitrogen and oxygen atoms in total. The number of esters is 3. The maximum absolute atomic E-state index is 10.8. The first kappa shape index (κ1) is 24.8. The third-order valence-corrected chi connectivity index (χ3v) is 2.37. The zero-order chi connectivity index (χ0) is 20.0. The molecule has 0 aromatic rings. The minimum Gasteiger partial charge on any atom is -0.461 e. The second kappa shape index (κ2) is 14.0. The van der Waals surface area contributed by atoms with Crippen LogP contribution in [0.3, 0.4) is 0 Å². The number of hydrogen-bond donors (Lipinski definition) is 0. The van der Waals surface area contributed by atoms with Crippen LogP contribution in [-0.4, -0.2) is 63.3 Å². The Morgan fingerprint density at radius 2 is 0.960 bits per heavy atom. The Balaban J connectivity index is 0. The van der Waals surface area contributed by atoms with Gasteiger partial charge in [0.25, 0.3) is 0 Å². The highest BCUT2D eigenvalue weighted by atomic mass is 16.6. The van der Waals surface area contributed by atoms with Crippen molar-refractivity contribution in [1.29, 1.82) is 0 Å². The fourth-order valence-electron chi connectivity index (χ4n) is 0.959. The first-order chi connectivity index (χ1) is 11.5. The van der Waals surface area contributed by atoms with Crippen molar-refractivity contribution in [2.75, 3.05) is 40.5 Å². The number of carbonyl (C=O) groups excluding carboxylic acids is 3. The molecule has 7 heteroatoms. The topological polar surface area (TPSA) is 82.1 Å². The van der Waals surface area contributed by atoms with Crippen molar-refractivity contribution in [1.82, 2.24) is 4.90 Å². The maximum atomic E-state index is 10.8. The largest absolute Gasteiger partial charge is 0.461 e. The van der Waals surface area contributed by atoms with Gasteiger partial charge in [-0.3, -0.25) is 0 Å². The van der Waals surface area contributed by atoms with Crippen LogP contribution < -0.4 is 0 Å². The lowest BCUT2D eigenvalue weighted by Crippen LogP contribution is -2.20. The smallest absolute Gasteiger partial charge is 0.333 e. The Morgan fingerprint density at radius 3 is 1.20 bits per heavy atom. The molecule has 25 heavy (non-hydrogen) atoms. The van der Waals surface area contributed by atoms with Gasteiger partial charge in [0, 0.05) is 23.3 Å². The second-order valence-electron chi connectivity index (χ2n) is 5.55. The first-order valence-corrected chi connectivity index (χ1v) is 7.61. The van der Waals surface area contributed by atoms with Crippen LogP contribution >= 0.6 is 0 Å². The van der Waals surface area contributed by atoms with Gasteiger partial charge in [-0.2, -0.15) is 0 Å². The molecule has 142 valence electrons. The minimum atomic E-state index is -0.489. The molecule has 0 heterocycles. The van der Waals surface area contributed by atoms with Crippen LogP contribution in [0.15, 0.2) is 36.5 Å². The average Bonchev–Trinajstić information content (AvgIpc) is 2.50. The number of ether oxygens (including phenoxy) is 3. The van der Waals surface area contributed by atoms with Crippen molar-refractivity contribution in [3.8, 4) is 0 Å². The molecule has 0 unspecified atom stereocenters. The summed E-state index contributed by atoms with van der Waals surface area (Å²) in [6.45, 7) is 16.2. The molecule has 0 fully saturated rings. The first-order valence-electron chi connectivity index (χ1n) is 7.61. The lowest BCUT2D eigenvalue weighted by molar-refractivity contribution is -0.147. The number of likely N-dealkylation sites (N-methyl/N-ethyl adjacent to an activating group) is 1. The lowest BCUT2D eigenvalue weighted by Gasteiger charge is -2.09. The van der Waals surface area contributed by atoms with Crippen LogP contribution in [0.1, 0.15) is 20.8 Å². The lowest BCUT2D eigenvalue weighted by atomic mass is 10.4. The van der Waals surface area contributed by atoms with E-state index in [1.807, 2.05) is 19.0 Å². The number of nitrogens with zero attached hydrogens (tertiary/aromatic N) is 1. The summed E-state index contributed by atoms with van der Waals surface area (Å²) in [6.07, 6.45) is 0. The molecule has 0 aliphatic rings. The Bertz CT molecular complexity index is 480. The third-order valence-electron chi connectivity index (χ3n) is 2.37. The summed E-state index contributed by atoms with van der Waals surface area (Å²) < 4.78 is 14.2. The molecule has 0 saturated heterocycles. The molecule has 0 bridgehead atoms. The molecule has 0 rings (SSSR count). The van der Waals surface area contributed by atoms with E-state index in [1.165, 1.54) is 0 Å². The molecule has 0 atom stereocenters. The number of rotatable bonds is 9. The molecule has 0 aromatic carbocycles. The molecular weight excluding hydrogens is 326 g/mol. The van der Waals surface area contributed by atoms with E-state index in [4.69, 9.17) is 4.74 Å². The van der Waals surface area contributed by atoms with Crippen molar-refractivity contribution in [3.05, 3.63) is 36.5 Å². The molecule has 0 radical (unpaired) electrons. The SMILES string of the molecule is C=C(C)C(=O)OCCN(C)C.C=C(C)C(=O)OCCOC(=O)C(=C)C. The Labute approximate surface area is 149 Å². The van der Waals surface area contributed by atoms with Gasteiger partial charge in [-0.25, -0.2) is 14.4 Å². The quantitative estimate of drug-likeness (QED) is 0.270. The predicted octanol–water partition coefficient (Wildman–Crippen LogP) is 1.89. The Morgan fingerprint density at radius 1 is 0.680 bits per heavy atom. The average molecular weight is 355 g/mol. The number of carbonyl (C=O) groups is 3. The fourth-order valence-corrected chi connectivity index (χ4v) is 0.959. The fraction of sp³-hybridized carbons (Fsp3) is 0.500. The highest BCUT2D eigenvalue weighted by Crippen LogP contribution is 1.94. The predicted molar refractivity (Wildman–Crippen MR) is 95.9 cm³/mol. The van der Waals surface area contributed by atoms with Crippen molar-refractivity contribution in [2.45, 2.75) is 20.8 Å². The molecule has 0 N–H and O–H groups in total. The van der Waals surface area contributed by atoms with Crippen LogP contribution in [0.5, 0.6) is 0 Å². The summed E-state index contributed by atoms with van der Waals surface area (Å²) in [5.74, 6) is -1.29. The molecule has 0 aromatic heterocycles. The van der Waals surface area contributed by atoms with Gasteiger partial charge in [-0.05, 0) is 34.9 Å². The zero-order valence-corrected chi connectivity index (χ0v) is 15.8. The van der Waals surface area contributed by atoms with Gasteiger partial charge < -0.3 is 19.1 Å². The van der Waals surface area contributed by atoms with Gasteiger partial charge in [0.15, 0.2) is 0 Å². The zero-order valence-electron chi connectivity index (χ0n) is 15.8. The van der Waals surface area contributed by atoms with Gasteiger partial charge in [0.05, 0.1) is 0 Å². The van der Waals surface area contributed by atoms with Crippen LogP contribution in [0.25, 0.3) is 0 Å². The van der Waals surface area contributed by atoms with Crippen LogP contribution in [0.2, 0.25) is 0 Å². The minimum absolute atomic E-state index is 0.0325. The molecule has 0 spiro atoms. The van der Waals surface area contributed by atoms with Gasteiger partial charge in [-0.15, -0.1) is 0 Å². The van der Waals surface area contributed by atoms with Gasteiger partial charge in [-0.1, -0.05) is 19.7 Å². The molecule has 0 saturated carbocycles. The van der Waals surface area contributed by atoms with E-state index in [0.717, 1.165) is 6.54 Å². The summed E-state index contributed by atoms with van der Waals surface area (Å²) in [4.78, 5) is 34.4. The summed E-state index contributed by atoms with van der Waals surface area (Å²) in [5.41, 5.74) is 1.08. The highest BCUT2D eigenvalue weighted by Gasteiger charge is 2.05. The van der Waals surface area contributed by atoms with E-state index in [2.05, 4.69) is 29.2 Å². The van der Waals surface area contributed by atoms with E-state index < -0.39 is 11.9 Å². The normalized spacial score (nSPS) is 9.36. The Hall–Kier alpha value is -2.41. The van der Waals surface area contributed by atoms with Gasteiger partial charge in [0.1, 0.15) is 19.8 Å². The maximum Gasteiger partial charge on any atom is 0.333 e. The van der Waals surface area contributed by atoms with Gasteiger partial charge in [0.2, 0.25) is 0 Å². The summed E-state index contributed by atoms with van der Waals surface area (Å²) in [7, 11) is 3.85. The van der Waals surface area contributed by atoms with Gasteiger partial charge >= 0.3 is 17.9 Å². The van der Waals surface area contributed by atoms with Crippen molar-refractivity contribution in [3.63, 3.8) is 0 Å². The highest BCUT2D eigenvalue weighted by molar-refractivity contribution is 5.87. The van der Waals surface area contributed by atoms with E-state index in [1.54, 1.807) is 20.8 Å². The molecule has 0 aliphatic heterocycles. The van der Waals surface area contributed by atoms with Crippen LogP contribution in [0, 0.1) is 0 Å². The van der Waals surface area contributed by atoms with Crippen molar-refractivity contribution >= 4 is 17.9 Å². The molecule has 0 aliphatic carbocycles.